The number of hydrogen-bond acceptors (Lipinski definition) is 4. The van der Waals surface area contributed by atoms with Crippen LogP contribution in [0.15, 0.2) is 119 Å². The largest absolute Gasteiger partial charge is 0.458 e. The van der Waals surface area contributed by atoms with Gasteiger partial charge in [-0.3, -0.25) is 0 Å². The Morgan fingerprint density at radius 2 is 1.14 bits per heavy atom. The van der Waals surface area contributed by atoms with Crippen molar-refractivity contribution in [2.24, 2.45) is 0 Å². The van der Waals surface area contributed by atoms with E-state index in [1.54, 1.807) is 0 Å². The minimum absolute atomic E-state index is 0.0837. The van der Waals surface area contributed by atoms with E-state index in [2.05, 4.69) is 83.8 Å². The van der Waals surface area contributed by atoms with Crippen LogP contribution in [-0.4, -0.2) is 6.71 Å². The van der Waals surface area contributed by atoms with Gasteiger partial charge >= 0.3 is 0 Å². The minimum Gasteiger partial charge on any atom is -0.458 e. The Balaban J connectivity index is 1.33. The van der Waals surface area contributed by atoms with Crippen LogP contribution in [0.5, 0.6) is 23.0 Å². The van der Waals surface area contributed by atoms with Crippen LogP contribution in [0.3, 0.4) is 0 Å². The maximum absolute atomic E-state index is 6.53. The topological polar surface area (TPSA) is 21.7 Å². The molecule has 0 spiro atoms. The van der Waals surface area contributed by atoms with Gasteiger partial charge in [-0.1, -0.05) is 66.4 Å². The first kappa shape index (κ1) is 19.2. The Morgan fingerprint density at radius 1 is 0.543 bits per heavy atom. The van der Waals surface area contributed by atoms with Gasteiger partial charge in [-0.05, 0) is 59.5 Å². The zero-order chi connectivity index (χ0) is 22.9. The van der Waals surface area contributed by atoms with Crippen molar-refractivity contribution in [1.82, 2.24) is 0 Å². The SMILES string of the molecule is c1ccc2c(c1)Oc1cccc3c1B2c1ccc(N2c4ccccc4Sc4ccccc42)cc1O3. The summed E-state index contributed by atoms with van der Waals surface area (Å²) in [6.45, 7) is 0.0837. The lowest BCUT2D eigenvalue weighted by Crippen LogP contribution is -2.57. The number of rotatable bonds is 1. The molecule has 0 aromatic heterocycles. The number of anilines is 3. The molecule has 0 fully saturated rings. The van der Waals surface area contributed by atoms with E-state index in [-0.39, 0.29) is 6.71 Å². The molecule has 0 radical (unpaired) electrons. The number of ether oxygens (including phenoxy) is 2. The van der Waals surface area contributed by atoms with Crippen LogP contribution in [0.2, 0.25) is 0 Å². The van der Waals surface area contributed by atoms with E-state index >= 15 is 0 Å². The Hall–Kier alpha value is -4.09. The highest BCUT2D eigenvalue weighted by Crippen LogP contribution is 2.51. The van der Waals surface area contributed by atoms with Gasteiger partial charge in [0.05, 0.1) is 11.4 Å². The monoisotopic (exact) mass is 467 g/mol. The average molecular weight is 467 g/mol. The van der Waals surface area contributed by atoms with Crippen molar-refractivity contribution in [3.8, 4) is 23.0 Å². The second kappa shape index (κ2) is 7.21. The van der Waals surface area contributed by atoms with Crippen molar-refractivity contribution in [1.29, 1.82) is 0 Å². The van der Waals surface area contributed by atoms with Crippen molar-refractivity contribution in [2.45, 2.75) is 9.79 Å². The summed E-state index contributed by atoms with van der Waals surface area (Å²) in [7, 11) is 0. The molecule has 164 valence electrons. The van der Waals surface area contributed by atoms with Gasteiger partial charge in [0.15, 0.2) is 0 Å². The van der Waals surface area contributed by atoms with Gasteiger partial charge in [0.1, 0.15) is 23.0 Å². The van der Waals surface area contributed by atoms with E-state index in [1.807, 2.05) is 42.1 Å². The number of nitrogens with zero attached hydrogens (tertiary/aromatic N) is 1. The molecule has 0 amide bonds. The molecule has 3 nitrogen and oxygen atoms in total. The first-order chi connectivity index (χ1) is 17.3. The molecular formula is C30H18BNO2S. The Labute approximate surface area is 208 Å². The molecule has 0 aliphatic carbocycles. The Bertz CT molecular complexity index is 1620. The van der Waals surface area contributed by atoms with Crippen LogP contribution in [0.1, 0.15) is 0 Å². The fourth-order valence-electron chi connectivity index (χ4n) is 5.49. The van der Waals surface area contributed by atoms with Crippen molar-refractivity contribution in [3.63, 3.8) is 0 Å². The molecule has 5 aromatic carbocycles. The third-order valence-corrected chi connectivity index (χ3v) is 8.11. The fourth-order valence-corrected chi connectivity index (χ4v) is 6.54. The molecule has 35 heavy (non-hydrogen) atoms. The summed E-state index contributed by atoms with van der Waals surface area (Å²) < 4.78 is 12.8. The summed E-state index contributed by atoms with van der Waals surface area (Å²) >= 11 is 1.82. The van der Waals surface area contributed by atoms with E-state index in [0.29, 0.717) is 0 Å². The lowest BCUT2D eigenvalue weighted by Gasteiger charge is -2.35. The van der Waals surface area contributed by atoms with E-state index in [9.17, 15) is 0 Å². The van der Waals surface area contributed by atoms with E-state index < -0.39 is 0 Å². The highest BCUT2D eigenvalue weighted by atomic mass is 32.2. The first-order valence-electron chi connectivity index (χ1n) is 11.7. The van der Waals surface area contributed by atoms with Gasteiger partial charge in [-0.2, -0.15) is 0 Å². The summed E-state index contributed by atoms with van der Waals surface area (Å²) in [5, 5.41) is 0. The number of hydrogen-bond donors (Lipinski definition) is 0. The third-order valence-electron chi connectivity index (χ3n) is 6.98. The summed E-state index contributed by atoms with van der Waals surface area (Å²) in [5.74, 6) is 3.54. The molecule has 3 aliphatic heterocycles. The molecule has 5 aromatic rings. The molecule has 0 unspecified atom stereocenters. The highest BCUT2D eigenvalue weighted by Gasteiger charge is 2.40. The summed E-state index contributed by atoms with van der Waals surface area (Å²) in [6, 6.07) is 38.2. The van der Waals surface area contributed by atoms with Crippen molar-refractivity contribution in [2.75, 3.05) is 4.90 Å². The minimum atomic E-state index is 0.0837. The highest BCUT2D eigenvalue weighted by molar-refractivity contribution is 7.99. The van der Waals surface area contributed by atoms with Gasteiger partial charge in [0, 0.05) is 27.0 Å². The lowest BCUT2D eigenvalue weighted by atomic mass is 9.35. The molecule has 0 saturated heterocycles. The third kappa shape index (κ3) is 2.76. The van der Waals surface area contributed by atoms with E-state index in [4.69, 9.17) is 9.47 Å². The van der Waals surface area contributed by atoms with E-state index in [0.717, 1.165) is 39.6 Å². The summed E-state index contributed by atoms with van der Waals surface area (Å²) in [5.41, 5.74) is 6.91. The lowest BCUT2D eigenvalue weighted by molar-refractivity contribution is 0.464. The molecule has 5 heteroatoms. The summed E-state index contributed by atoms with van der Waals surface area (Å²) in [6.07, 6.45) is 0. The van der Waals surface area contributed by atoms with Gasteiger partial charge in [-0.25, -0.2) is 0 Å². The number of para-hydroxylation sites is 3. The Kier molecular flexibility index (Phi) is 3.96. The van der Waals surface area contributed by atoms with Crippen LogP contribution < -0.4 is 30.8 Å². The van der Waals surface area contributed by atoms with Crippen molar-refractivity contribution >= 4 is 51.9 Å². The average Bonchev–Trinajstić information content (AvgIpc) is 2.91. The van der Waals surface area contributed by atoms with Crippen LogP contribution in [-0.2, 0) is 0 Å². The standard InChI is InChI=1S/C30H18BNO2S/c1-4-11-24-20(8-1)31-21-17-16-19(18-27(21)34-26-13-7-12-25(33-24)30(26)31)32-22-9-2-5-14-28(22)35-29-15-6-3-10-23(29)32/h1-18H. The zero-order valence-electron chi connectivity index (χ0n) is 18.6. The second-order valence-corrected chi connectivity index (χ2v) is 10.0. The van der Waals surface area contributed by atoms with Crippen LogP contribution in [0.25, 0.3) is 0 Å². The molecule has 8 rings (SSSR count). The van der Waals surface area contributed by atoms with Crippen molar-refractivity contribution in [3.05, 3.63) is 109 Å². The molecule has 3 aliphatic rings. The van der Waals surface area contributed by atoms with Gasteiger partial charge in [0.25, 0.3) is 6.71 Å². The second-order valence-electron chi connectivity index (χ2n) is 8.94. The predicted octanol–water partition coefficient (Wildman–Crippen LogP) is 6.35. The number of fused-ring (bicyclic) bond motifs is 6. The quantitative estimate of drug-likeness (QED) is 0.262. The molecule has 0 bridgehead atoms. The van der Waals surface area contributed by atoms with Crippen LogP contribution in [0.4, 0.5) is 17.1 Å². The van der Waals surface area contributed by atoms with Crippen LogP contribution >= 0.6 is 11.8 Å². The van der Waals surface area contributed by atoms with Crippen LogP contribution in [0, 0.1) is 0 Å². The molecule has 3 heterocycles. The normalized spacial score (nSPS) is 13.9. The first-order valence-corrected chi connectivity index (χ1v) is 12.5. The predicted molar refractivity (Wildman–Crippen MR) is 143 cm³/mol. The van der Waals surface area contributed by atoms with Gasteiger partial charge < -0.3 is 14.4 Å². The molecule has 0 atom stereocenters. The Morgan fingerprint density at radius 3 is 1.91 bits per heavy atom. The summed E-state index contributed by atoms with van der Waals surface area (Å²) in [4.78, 5) is 4.84. The number of benzene rings is 5. The van der Waals surface area contributed by atoms with Gasteiger partial charge in [-0.15, -0.1) is 0 Å². The maximum atomic E-state index is 6.53. The van der Waals surface area contributed by atoms with Gasteiger partial charge in [0.2, 0.25) is 0 Å². The van der Waals surface area contributed by atoms with E-state index in [1.165, 1.54) is 26.6 Å². The molecular weight excluding hydrogens is 449 g/mol. The maximum Gasteiger partial charge on any atom is 0.260 e. The zero-order valence-corrected chi connectivity index (χ0v) is 19.5. The van der Waals surface area contributed by atoms with Crippen molar-refractivity contribution < 1.29 is 9.47 Å². The smallest absolute Gasteiger partial charge is 0.260 e. The fraction of sp³-hybridized carbons (Fsp3) is 0. The molecule has 0 N–H and O–H groups in total. The molecule has 0 saturated carbocycles.